The number of aromatic nitrogens is 6. The van der Waals surface area contributed by atoms with E-state index in [0.29, 0.717) is 22.7 Å². The van der Waals surface area contributed by atoms with Crippen LogP contribution in [0, 0.1) is 5.41 Å². The van der Waals surface area contributed by atoms with Crippen molar-refractivity contribution in [2.45, 2.75) is 20.8 Å². The van der Waals surface area contributed by atoms with Crippen LogP contribution in [0.1, 0.15) is 20.8 Å². The fourth-order valence-electron chi connectivity index (χ4n) is 3.99. The summed E-state index contributed by atoms with van der Waals surface area (Å²) in [6, 6.07) is 13.9. The van der Waals surface area contributed by atoms with Crippen LogP contribution in [0.25, 0.3) is 56.0 Å². The number of fused-ring (bicyclic) bond motifs is 2. The molecule has 5 aromatic heterocycles. The molecule has 0 atom stereocenters. The Bertz CT molecular complexity index is 1720. The van der Waals surface area contributed by atoms with Crippen molar-refractivity contribution in [3.63, 3.8) is 0 Å². The Hall–Kier alpha value is -4.37. The summed E-state index contributed by atoms with van der Waals surface area (Å²) >= 11 is 1.66. The molecule has 5 heterocycles. The van der Waals surface area contributed by atoms with Crippen molar-refractivity contribution in [1.29, 1.82) is 0 Å². The molecule has 0 spiro atoms. The molecule has 178 valence electrons. The highest BCUT2D eigenvalue weighted by Gasteiger charge is 2.22. The third kappa shape index (κ3) is 3.93. The van der Waals surface area contributed by atoms with Crippen molar-refractivity contribution in [2.24, 2.45) is 5.41 Å². The fourth-order valence-corrected chi connectivity index (χ4v) is 4.64. The lowest BCUT2D eigenvalue weighted by Gasteiger charge is -2.17. The normalized spacial score (nSPS) is 11.9. The Balaban J connectivity index is 1.40. The van der Waals surface area contributed by atoms with Gasteiger partial charge in [-0.2, -0.15) is 16.4 Å². The van der Waals surface area contributed by atoms with Crippen LogP contribution in [0.3, 0.4) is 0 Å². The van der Waals surface area contributed by atoms with Crippen molar-refractivity contribution >= 4 is 45.0 Å². The maximum Gasteiger partial charge on any atom is 0.229 e. The van der Waals surface area contributed by atoms with Gasteiger partial charge >= 0.3 is 0 Å². The van der Waals surface area contributed by atoms with Crippen LogP contribution in [0.15, 0.2) is 65.6 Å². The van der Waals surface area contributed by atoms with Crippen LogP contribution < -0.4 is 5.32 Å². The number of carbonyl (C=O) groups excluding carboxylic acids is 1. The number of anilines is 1. The second kappa shape index (κ2) is 8.39. The van der Waals surface area contributed by atoms with E-state index in [-0.39, 0.29) is 5.91 Å². The number of thiophene rings is 1. The lowest BCUT2D eigenvalue weighted by atomic mass is 9.95. The quantitative estimate of drug-likeness (QED) is 0.268. The number of H-pyrrole nitrogens is 2. The maximum absolute atomic E-state index is 12.4. The number of hydrogen-bond acceptors (Lipinski definition) is 6. The molecule has 3 N–H and O–H groups in total. The molecular formula is C27H23N7OS. The molecule has 6 rings (SSSR count). The third-order valence-corrected chi connectivity index (χ3v) is 6.63. The first-order valence-electron chi connectivity index (χ1n) is 11.5. The summed E-state index contributed by atoms with van der Waals surface area (Å²) in [4.78, 5) is 29.9. The predicted molar refractivity (Wildman–Crippen MR) is 144 cm³/mol. The van der Waals surface area contributed by atoms with Crippen LogP contribution in [0.5, 0.6) is 0 Å². The molecule has 0 fully saturated rings. The number of nitrogens with zero attached hydrogens (tertiary/aromatic N) is 4. The zero-order valence-electron chi connectivity index (χ0n) is 20.0. The number of imidazole rings is 1. The number of para-hydroxylation sites is 1. The zero-order valence-corrected chi connectivity index (χ0v) is 20.8. The van der Waals surface area contributed by atoms with Crippen molar-refractivity contribution in [2.75, 3.05) is 5.32 Å². The SMILES string of the molecule is CC(C)(C)C(=O)Nc1cncc(-c2ccc3[nH]nc(-c4nc5c(-c6ccsc6)cccc5[nH]4)c3n2)c1. The number of nitrogens with one attached hydrogen (secondary N) is 3. The van der Waals surface area contributed by atoms with E-state index < -0.39 is 5.41 Å². The van der Waals surface area contributed by atoms with E-state index in [0.717, 1.165) is 38.9 Å². The van der Waals surface area contributed by atoms with E-state index >= 15 is 0 Å². The first kappa shape index (κ1) is 22.1. The molecule has 36 heavy (non-hydrogen) atoms. The molecule has 8 nitrogen and oxygen atoms in total. The van der Waals surface area contributed by atoms with Crippen LogP contribution in [0.2, 0.25) is 0 Å². The van der Waals surface area contributed by atoms with E-state index in [1.807, 2.05) is 51.1 Å². The monoisotopic (exact) mass is 493 g/mol. The second-order valence-electron chi connectivity index (χ2n) is 9.63. The van der Waals surface area contributed by atoms with Gasteiger partial charge in [-0.25, -0.2) is 9.97 Å². The second-order valence-corrected chi connectivity index (χ2v) is 10.4. The molecule has 0 aliphatic carbocycles. The van der Waals surface area contributed by atoms with Crippen molar-refractivity contribution < 1.29 is 4.79 Å². The number of rotatable bonds is 4. The maximum atomic E-state index is 12.4. The van der Waals surface area contributed by atoms with Crippen LogP contribution in [0.4, 0.5) is 5.69 Å². The van der Waals surface area contributed by atoms with Crippen molar-refractivity contribution in [3.05, 3.63) is 65.6 Å². The molecular weight excluding hydrogens is 470 g/mol. The Kier molecular flexibility index (Phi) is 5.15. The third-order valence-electron chi connectivity index (χ3n) is 5.95. The molecule has 0 aliphatic rings. The van der Waals surface area contributed by atoms with Gasteiger partial charge in [0.25, 0.3) is 0 Å². The first-order chi connectivity index (χ1) is 17.4. The van der Waals surface area contributed by atoms with E-state index in [4.69, 9.17) is 9.97 Å². The average Bonchev–Trinajstić information content (AvgIpc) is 3.62. The summed E-state index contributed by atoms with van der Waals surface area (Å²) in [7, 11) is 0. The van der Waals surface area contributed by atoms with Gasteiger partial charge in [-0.15, -0.1) is 0 Å². The number of hydrogen-bond donors (Lipinski definition) is 3. The minimum atomic E-state index is -0.505. The predicted octanol–water partition coefficient (Wildman–Crippen LogP) is 6.28. The van der Waals surface area contributed by atoms with Gasteiger partial charge in [0.05, 0.1) is 34.1 Å². The minimum absolute atomic E-state index is 0.0753. The number of amides is 1. The van der Waals surface area contributed by atoms with Gasteiger partial charge in [-0.1, -0.05) is 32.9 Å². The first-order valence-corrected chi connectivity index (χ1v) is 12.4. The summed E-state index contributed by atoms with van der Waals surface area (Å²) in [6.45, 7) is 5.62. The van der Waals surface area contributed by atoms with E-state index in [1.165, 1.54) is 0 Å². The number of pyridine rings is 2. The van der Waals surface area contributed by atoms with Crippen molar-refractivity contribution in [1.82, 2.24) is 30.1 Å². The highest BCUT2D eigenvalue weighted by molar-refractivity contribution is 7.08. The topological polar surface area (TPSA) is 112 Å². The van der Waals surface area contributed by atoms with Gasteiger partial charge in [0, 0.05) is 22.7 Å². The smallest absolute Gasteiger partial charge is 0.229 e. The van der Waals surface area contributed by atoms with Gasteiger partial charge in [0.15, 0.2) is 11.5 Å². The average molecular weight is 494 g/mol. The number of aromatic amines is 2. The molecule has 1 amide bonds. The zero-order chi connectivity index (χ0) is 24.9. The summed E-state index contributed by atoms with van der Waals surface area (Å²) in [5, 5.41) is 14.7. The van der Waals surface area contributed by atoms with Gasteiger partial charge in [-0.05, 0) is 46.7 Å². The van der Waals surface area contributed by atoms with Crippen molar-refractivity contribution in [3.8, 4) is 33.9 Å². The summed E-state index contributed by atoms with van der Waals surface area (Å²) in [5.74, 6) is 0.571. The highest BCUT2D eigenvalue weighted by atomic mass is 32.1. The van der Waals surface area contributed by atoms with E-state index in [2.05, 4.69) is 48.4 Å². The molecule has 9 heteroatoms. The Morgan fingerprint density at radius 3 is 2.67 bits per heavy atom. The van der Waals surface area contributed by atoms with Gasteiger partial charge in [0.1, 0.15) is 5.52 Å². The molecule has 6 aromatic rings. The molecule has 0 saturated heterocycles. The fraction of sp³-hybridized carbons (Fsp3) is 0.148. The van der Waals surface area contributed by atoms with E-state index in [9.17, 15) is 4.79 Å². The van der Waals surface area contributed by atoms with Gasteiger partial charge in [0.2, 0.25) is 5.91 Å². The van der Waals surface area contributed by atoms with Crippen LogP contribution in [-0.4, -0.2) is 36.0 Å². The largest absolute Gasteiger partial charge is 0.336 e. The Morgan fingerprint density at radius 1 is 0.972 bits per heavy atom. The molecule has 0 aliphatic heterocycles. The summed E-state index contributed by atoms with van der Waals surface area (Å²) in [5.41, 5.74) is 7.83. The lowest BCUT2D eigenvalue weighted by Crippen LogP contribution is -2.27. The Labute approximate surface area is 210 Å². The van der Waals surface area contributed by atoms with Gasteiger partial charge < -0.3 is 10.3 Å². The standard InChI is InChI=1S/C27H23N7OS/c1-27(2,3)26(35)29-17-11-16(12-28-13-17)19-7-8-21-23(30-19)24(34-33-21)25-31-20-6-4-5-18(22(20)32-25)15-9-10-36-14-15/h4-14H,1-3H3,(H,29,35)(H,31,32)(H,33,34). The molecule has 0 saturated carbocycles. The molecule has 0 unspecified atom stereocenters. The number of carbonyl (C=O) groups is 1. The molecule has 0 bridgehead atoms. The van der Waals surface area contributed by atoms with Crippen LogP contribution >= 0.6 is 11.3 Å². The highest BCUT2D eigenvalue weighted by Crippen LogP contribution is 2.32. The Morgan fingerprint density at radius 2 is 1.86 bits per heavy atom. The molecule has 0 radical (unpaired) electrons. The summed E-state index contributed by atoms with van der Waals surface area (Å²) in [6.07, 6.45) is 3.36. The molecule has 1 aromatic carbocycles. The van der Waals surface area contributed by atoms with Crippen LogP contribution in [-0.2, 0) is 4.79 Å². The lowest BCUT2D eigenvalue weighted by molar-refractivity contribution is -0.123. The summed E-state index contributed by atoms with van der Waals surface area (Å²) < 4.78 is 0. The van der Waals surface area contributed by atoms with E-state index in [1.54, 1.807) is 23.7 Å². The number of benzene rings is 1. The van der Waals surface area contributed by atoms with Gasteiger partial charge in [-0.3, -0.25) is 14.9 Å². The minimum Gasteiger partial charge on any atom is -0.336 e.